The lowest BCUT2D eigenvalue weighted by atomic mass is 10.2. The highest BCUT2D eigenvalue weighted by molar-refractivity contribution is 9.10. The Morgan fingerprint density at radius 2 is 2.11 bits per heavy atom. The molecule has 18 heavy (non-hydrogen) atoms. The van der Waals surface area contributed by atoms with E-state index in [0.29, 0.717) is 15.8 Å². The highest BCUT2D eigenvalue weighted by atomic mass is 79.9. The molecule has 0 saturated carbocycles. The third-order valence-corrected chi connectivity index (χ3v) is 2.56. The van der Waals surface area contributed by atoms with Crippen molar-refractivity contribution in [3.8, 4) is 11.6 Å². The van der Waals surface area contributed by atoms with Gasteiger partial charge in [0, 0.05) is 28.4 Å². The summed E-state index contributed by atoms with van der Waals surface area (Å²) in [7, 11) is 0. The summed E-state index contributed by atoms with van der Waals surface area (Å²) in [5.41, 5.74) is 5.85. The number of nitrogens with one attached hydrogen (secondary N) is 1. The minimum atomic E-state index is -0.415. The van der Waals surface area contributed by atoms with Crippen LogP contribution in [0.25, 0.3) is 0 Å². The van der Waals surface area contributed by atoms with Crippen molar-refractivity contribution in [2.45, 2.75) is 0 Å². The standard InChI is InChI=1S/C12H9BrFN3O/c13-8-4-9(14)6-10(5-8)18-11-3-7(12(15)16)1-2-17-11/h1-6H,(H3,15,16). The number of halogens is 2. The molecular formula is C12H9BrFN3O. The molecule has 0 unspecified atom stereocenters. The molecule has 0 saturated heterocycles. The molecule has 0 spiro atoms. The molecule has 92 valence electrons. The number of nitrogen functional groups attached to an aromatic ring is 1. The predicted molar refractivity (Wildman–Crippen MR) is 69.4 cm³/mol. The first-order valence-electron chi connectivity index (χ1n) is 4.99. The van der Waals surface area contributed by atoms with Gasteiger partial charge in [-0.2, -0.15) is 0 Å². The molecule has 0 aliphatic carbocycles. The molecule has 0 fully saturated rings. The van der Waals surface area contributed by atoms with E-state index in [1.54, 1.807) is 12.1 Å². The fourth-order valence-electron chi connectivity index (χ4n) is 1.34. The van der Waals surface area contributed by atoms with Gasteiger partial charge in [-0.15, -0.1) is 0 Å². The van der Waals surface area contributed by atoms with Gasteiger partial charge in [0.15, 0.2) is 0 Å². The summed E-state index contributed by atoms with van der Waals surface area (Å²) < 4.78 is 19.1. The normalized spacial score (nSPS) is 10.1. The molecule has 4 nitrogen and oxygen atoms in total. The van der Waals surface area contributed by atoms with Gasteiger partial charge in [0.2, 0.25) is 5.88 Å². The lowest BCUT2D eigenvalue weighted by molar-refractivity contribution is 0.457. The Hall–Kier alpha value is -1.95. The maximum Gasteiger partial charge on any atom is 0.219 e. The summed E-state index contributed by atoms with van der Waals surface area (Å²) in [6, 6.07) is 7.29. The van der Waals surface area contributed by atoms with Gasteiger partial charge in [0.1, 0.15) is 17.4 Å². The minimum absolute atomic E-state index is 0.0809. The second kappa shape index (κ2) is 5.14. The van der Waals surface area contributed by atoms with Crippen molar-refractivity contribution in [3.63, 3.8) is 0 Å². The van der Waals surface area contributed by atoms with E-state index < -0.39 is 5.82 Å². The van der Waals surface area contributed by atoms with E-state index in [2.05, 4.69) is 20.9 Å². The number of ether oxygens (including phenoxy) is 1. The molecule has 0 radical (unpaired) electrons. The second-order valence-corrected chi connectivity index (χ2v) is 4.42. The molecule has 1 aromatic carbocycles. The Kier molecular flexibility index (Phi) is 3.57. The molecule has 0 aliphatic rings. The van der Waals surface area contributed by atoms with Crippen LogP contribution in [0.5, 0.6) is 11.6 Å². The van der Waals surface area contributed by atoms with Gasteiger partial charge >= 0.3 is 0 Å². The summed E-state index contributed by atoms with van der Waals surface area (Å²) in [5, 5.41) is 7.31. The summed E-state index contributed by atoms with van der Waals surface area (Å²) in [4.78, 5) is 3.96. The zero-order chi connectivity index (χ0) is 13.1. The van der Waals surface area contributed by atoms with Gasteiger partial charge in [-0.25, -0.2) is 9.37 Å². The van der Waals surface area contributed by atoms with Crippen molar-refractivity contribution in [3.05, 3.63) is 52.4 Å². The highest BCUT2D eigenvalue weighted by Crippen LogP contribution is 2.25. The van der Waals surface area contributed by atoms with E-state index >= 15 is 0 Å². The van der Waals surface area contributed by atoms with Crippen molar-refractivity contribution in [1.82, 2.24) is 4.98 Å². The summed E-state index contributed by atoms with van der Waals surface area (Å²) >= 11 is 3.17. The van der Waals surface area contributed by atoms with Crippen LogP contribution in [0.15, 0.2) is 41.0 Å². The monoisotopic (exact) mass is 309 g/mol. The third kappa shape index (κ3) is 3.04. The molecule has 1 aromatic heterocycles. The van der Waals surface area contributed by atoms with Crippen LogP contribution in [0.1, 0.15) is 5.56 Å². The van der Waals surface area contributed by atoms with Crippen molar-refractivity contribution in [2.24, 2.45) is 5.73 Å². The fourth-order valence-corrected chi connectivity index (χ4v) is 1.79. The van der Waals surface area contributed by atoms with Crippen molar-refractivity contribution >= 4 is 21.8 Å². The van der Waals surface area contributed by atoms with E-state index in [1.165, 1.54) is 24.4 Å². The first-order chi connectivity index (χ1) is 8.54. The minimum Gasteiger partial charge on any atom is -0.439 e. The van der Waals surface area contributed by atoms with E-state index in [1.807, 2.05) is 0 Å². The van der Waals surface area contributed by atoms with Crippen LogP contribution in [0.2, 0.25) is 0 Å². The molecule has 2 aromatic rings. The lowest BCUT2D eigenvalue weighted by Gasteiger charge is -2.06. The predicted octanol–water partition coefficient (Wildman–Crippen LogP) is 3.06. The molecule has 1 heterocycles. The maximum absolute atomic E-state index is 13.2. The van der Waals surface area contributed by atoms with E-state index in [0.717, 1.165) is 0 Å². The number of amidine groups is 1. The van der Waals surface area contributed by atoms with Gasteiger partial charge < -0.3 is 10.5 Å². The van der Waals surface area contributed by atoms with Gasteiger partial charge in [-0.05, 0) is 18.2 Å². The molecule has 6 heteroatoms. The molecule has 0 bridgehead atoms. The molecule has 0 amide bonds. The average molecular weight is 310 g/mol. The Balaban J connectivity index is 2.28. The molecular weight excluding hydrogens is 301 g/mol. The Morgan fingerprint density at radius 1 is 1.33 bits per heavy atom. The number of rotatable bonds is 3. The Bertz CT molecular complexity index is 583. The van der Waals surface area contributed by atoms with Crippen molar-refractivity contribution in [2.75, 3.05) is 0 Å². The van der Waals surface area contributed by atoms with Crippen LogP contribution in [0.4, 0.5) is 4.39 Å². The summed E-state index contributed by atoms with van der Waals surface area (Å²) in [6.45, 7) is 0. The van der Waals surface area contributed by atoms with E-state index in [-0.39, 0.29) is 11.7 Å². The summed E-state index contributed by atoms with van der Waals surface area (Å²) in [5.74, 6) is 0.0695. The van der Waals surface area contributed by atoms with Crippen molar-refractivity contribution in [1.29, 1.82) is 5.41 Å². The number of pyridine rings is 1. The van der Waals surface area contributed by atoms with Gasteiger partial charge in [0.05, 0.1) is 0 Å². The fraction of sp³-hybridized carbons (Fsp3) is 0. The topological polar surface area (TPSA) is 72.0 Å². The zero-order valence-electron chi connectivity index (χ0n) is 9.15. The van der Waals surface area contributed by atoms with Crippen LogP contribution >= 0.6 is 15.9 Å². The van der Waals surface area contributed by atoms with Crippen LogP contribution in [0, 0.1) is 11.2 Å². The van der Waals surface area contributed by atoms with E-state index in [9.17, 15) is 4.39 Å². The number of aromatic nitrogens is 1. The van der Waals surface area contributed by atoms with Crippen LogP contribution in [0.3, 0.4) is 0 Å². The zero-order valence-corrected chi connectivity index (χ0v) is 10.7. The smallest absolute Gasteiger partial charge is 0.219 e. The quantitative estimate of drug-likeness (QED) is 0.676. The SMILES string of the molecule is N=C(N)c1ccnc(Oc2cc(F)cc(Br)c2)c1. The van der Waals surface area contributed by atoms with Crippen molar-refractivity contribution < 1.29 is 9.13 Å². The number of hydrogen-bond donors (Lipinski definition) is 2. The largest absolute Gasteiger partial charge is 0.439 e. The van der Waals surface area contributed by atoms with Crippen LogP contribution in [-0.2, 0) is 0 Å². The number of nitrogens with zero attached hydrogens (tertiary/aromatic N) is 1. The first-order valence-corrected chi connectivity index (χ1v) is 5.78. The lowest BCUT2D eigenvalue weighted by Crippen LogP contribution is -2.11. The highest BCUT2D eigenvalue weighted by Gasteiger charge is 2.04. The van der Waals surface area contributed by atoms with E-state index in [4.69, 9.17) is 15.9 Å². The van der Waals surface area contributed by atoms with Gasteiger partial charge in [0.25, 0.3) is 0 Å². The Morgan fingerprint density at radius 3 is 2.78 bits per heavy atom. The summed E-state index contributed by atoms with van der Waals surface area (Å²) in [6.07, 6.45) is 1.47. The molecule has 0 atom stereocenters. The number of nitrogens with two attached hydrogens (primary N) is 1. The Labute approximate surface area is 111 Å². The van der Waals surface area contributed by atoms with Crippen LogP contribution < -0.4 is 10.5 Å². The molecule has 3 N–H and O–H groups in total. The average Bonchev–Trinajstić information content (AvgIpc) is 2.27. The van der Waals surface area contributed by atoms with Gasteiger partial charge in [-0.3, -0.25) is 5.41 Å². The molecule has 0 aliphatic heterocycles. The first kappa shape index (κ1) is 12.5. The van der Waals surface area contributed by atoms with Crippen LogP contribution in [-0.4, -0.2) is 10.8 Å². The third-order valence-electron chi connectivity index (χ3n) is 2.10. The number of benzene rings is 1. The van der Waals surface area contributed by atoms with Gasteiger partial charge in [-0.1, -0.05) is 15.9 Å². The molecule has 2 rings (SSSR count). The second-order valence-electron chi connectivity index (χ2n) is 3.50. The maximum atomic E-state index is 13.2. The number of hydrogen-bond acceptors (Lipinski definition) is 3.